The van der Waals surface area contributed by atoms with Crippen molar-refractivity contribution < 1.29 is 18.7 Å². The first-order chi connectivity index (χ1) is 7.65. The van der Waals surface area contributed by atoms with Crippen LogP contribution in [-0.2, 0) is 0 Å². The van der Waals surface area contributed by atoms with E-state index in [0.29, 0.717) is 25.5 Å². The average Bonchev–Trinajstić information content (AvgIpc) is 2.24. The minimum Gasteiger partial charge on any atom is -0.396 e. The molecule has 0 atom stereocenters. The van der Waals surface area contributed by atoms with Gasteiger partial charge in [0.2, 0.25) is 0 Å². The molecule has 2 N–H and O–H groups in total. The Labute approximate surface area is 92.1 Å². The molecule has 1 amide bonds. The summed E-state index contributed by atoms with van der Waals surface area (Å²) < 4.78 is 25.7. The van der Waals surface area contributed by atoms with Gasteiger partial charge in [0.15, 0.2) is 0 Å². The van der Waals surface area contributed by atoms with E-state index < -0.39 is 17.5 Å². The summed E-state index contributed by atoms with van der Waals surface area (Å²) in [6.45, 7) is 0.414. The first kappa shape index (κ1) is 12.6. The van der Waals surface area contributed by atoms with E-state index >= 15 is 0 Å². The summed E-state index contributed by atoms with van der Waals surface area (Å²) in [6, 6.07) is 2.81. The van der Waals surface area contributed by atoms with Gasteiger partial charge in [0.1, 0.15) is 11.6 Å². The molecule has 0 spiro atoms. The SMILES string of the molecule is O=C(NCCCCO)c1ccc(F)cc1F. The fourth-order valence-corrected chi connectivity index (χ4v) is 1.21. The van der Waals surface area contributed by atoms with Gasteiger partial charge >= 0.3 is 0 Å². The molecular formula is C11H13F2NO2. The van der Waals surface area contributed by atoms with Crippen LogP contribution < -0.4 is 5.32 Å². The van der Waals surface area contributed by atoms with Crippen LogP contribution in [0.25, 0.3) is 0 Å². The molecule has 0 heterocycles. The highest BCUT2D eigenvalue weighted by Crippen LogP contribution is 2.09. The Bertz CT molecular complexity index is 369. The van der Waals surface area contributed by atoms with E-state index in [4.69, 9.17) is 5.11 Å². The van der Waals surface area contributed by atoms with Gasteiger partial charge in [-0.05, 0) is 25.0 Å². The summed E-state index contributed by atoms with van der Waals surface area (Å²) in [5.74, 6) is -2.16. The third kappa shape index (κ3) is 3.58. The van der Waals surface area contributed by atoms with Crippen molar-refractivity contribution in [1.29, 1.82) is 0 Å². The highest BCUT2D eigenvalue weighted by Gasteiger charge is 2.11. The van der Waals surface area contributed by atoms with Gasteiger partial charge in [-0.3, -0.25) is 4.79 Å². The molecule has 0 aliphatic carbocycles. The molecule has 1 rings (SSSR count). The Morgan fingerprint density at radius 1 is 1.31 bits per heavy atom. The van der Waals surface area contributed by atoms with Crippen LogP contribution in [0.1, 0.15) is 23.2 Å². The second kappa shape index (κ2) is 6.17. The number of aliphatic hydroxyl groups excluding tert-OH is 1. The lowest BCUT2D eigenvalue weighted by Crippen LogP contribution is -2.25. The summed E-state index contributed by atoms with van der Waals surface area (Å²) in [4.78, 5) is 11.4. The quantitative estimate of drug-likeness (QED) is 0.751. The molecule has 16 heavy (non-hydrogen) atoms. The lowest BCUT2D eigenvalue weighted by atomic mass is 10.2. The fraction of sp³-hybridized carbons (Fsp3) is 0.364. The van der Waals surface area contributed by atoms with E-state index in [0.717, 1.165) is 12.1 Å². The number of aliphatic hydroxyl groups is 1. The highest BCUT2D eigenvalue weighted by molar-refractivity contribution is 5.94. The number of nitrogens with one attached hydrogen (secondary N) is 1. The second-order valence-electron chi connectivity index (χ2n) is 3.31. The van der Waals surface area contributed by atoms with Crippen molar-refractivity contribution in [3.8, 4) is 0 Å². The van der Waals surface area contributed by atoms with E-state index in [-0.39, 0.29) is 12.2 Å². The molecule has 0 radical (unpaired) electrons. The number of carbonyl (C=O) groups is 1. The van der Waals surface area contributed by atoms with Gasteiger partial charge in [-0.1, -0.05) is 0 Å². The highest BCUT2D eigenvalue weighted by atomic mass is 19.1. The van der Waals surface area contributed by atoms with Gasteiger partial charge in [0, 0.05) is 19.2 Å². The molecule has 0 bridgehead atoms. The zero-order chi connectivity index (χ0) is 12.0. The van der Waals surface area contributed by atoms with Crippen molar-refractivity contribution in [1.82, 2.24) is 5.32 Å². The summed E-state index contributed by atoms with van der Waals surface area (Å²) in [5, 5.41) is 11.0. The molecule has 1 aromatic rings. The maximum Gasteiger partial charge on any atom is 0.254 e. The predicted molar refractivity (Wildman–Crippen MR) is 55.0 cm³/mol. The van der Waals surface area contributed by atoms with Gasteiger partial charge in [0.25, 0.3) is 5.91 Å². The number of benzene rings is 1. The maximum absolute atomic E-state index is 13.1. The van der Waals surface area contributed by atoms with Crippen molar-refractivity contribution >= 4 is 5.91 Å². The van der Waals surface area contributed by atoms with Crippen LogP contribution in [0.2, 0.25) is 0 Å². The van der Waals surface area contributed by atoms with Crippen LogP contribution in [0.15, 0.2) is 18.2 Å². The van der Waals surface area contributed by atoms with Crippen molar-refractivity contribution in [3.63, 3.8) is 0 Å². The maximum atomic E-state index is 13.1. The third-order valence-corrected chi connectivity index (χ3v) is 2.05. The summed E-state index contributed by atoms with van der Waals surface area (Å²) in [6.07, 6.45) is 1.19. The third-order valence-electron chi connectivity index (χ3n) is 2.05. The number of hydrogen-bond acceptors (Lipinski definition) is 2. The molecule has 5 heteroatoms. The molecule has 0 unspecified atom stereocenters. The van der Waals surface area contributed by atoms with Crippen LogP contribution in [0.3, 0.4) is 0 Å². The number of amides is 1. The van der Waals surface area contributed by atoms with Gasteiger partial charge in [-0.25, -0.2) is 8.78 Å². The summed E-state index contributed by atoms with van der Waals surface area (Å²) in [7, 11) is 0. The van der Waals surface area contributed by atoms with Crippen molar-refractivity contribution in [3.05, 3.63) is 35.4 Å². The topological polar surface area (TPSA) is 49.3 Å². The Morgan fingerprint density at radius 3 is 2.69 bits per heavy atom. The lowest BCUT2D eigenvalue weighted by molar-refractivity contribution is 0.0948. The van der Waals surface area contributed by atoms with E-state index in [1.165, 1.54) is 0 Å². The first-order valence-corrected chi connectivity index (χ1v) is 4.99. The Kier molecular flexibility index (Phi) is 4.85. The van der Waals surface area contributed by atoms with Crippen LogP contribution in [0.4, 0.5) is 8.78 Å². The van der Waals surface area contributed by atoms with Crippen LogP contribution in [-0.4, -0.2) is 24.2 Å². The Hall–Kier alpha value is -1.49. The molecule has 1 aromatic carbocycles. The monoisotopic (exact) mass is 229 g/mol. The molecule has 0 aromatic heterocycles. The van der Waals surface area contributed by atoms with Crippen LogP contribution in [0, 0.1) is 11.6 Å². The molecule has 88 valence electrons. The van der Waals surface area contributed by atoms with Gasteiger partial charge in [-0.15, -0.1) is 0 Å². The van der Waals surface area contributed by atoms with Crippen molar-refractivity contribution in [2.24, 2.45) is 0 Å². The van der Waals surface area contributed by atoms with E-state index in [1.807, 2.05) is 0 Å². The number of halogens is 2. The zero-order valence-electron chi connectivity index (χ0n) is 8.67. The molecular weight excluding hydrogens is 216 g/mol. The van der Waals surface area contributed by atoms with Crippen LogP contribution >= 0.6 is 0 Å². The number of carbonyl (C=O) groups excluding carboxylic acids is 1. The molecule has 3 nitrogen and oxygen atoms in total. The molecule has 0 saturated heterocycles. The van der Waals surface area contributed by atoms with Gasteiger partial charge in [-0.2, -0.15) is 0 Å². The Morgan fingerprint density at radius 2 is 2.06 bits per heavy atom. The molecule has 0 fully saturated rings. The first-order valence-electron chi connectivity index (χ1n) is 4.99. The Balaban J connectivity index is 2.53. The van der Waals surface area contributed by atoms with Gasteiger partial charge in [0.05, 0.1) is 5.56 Å². The van der Waals surface area contributed by atoms with Gasteiger partial charge < -0.3 is 10.4 Å². The summed E-state index contributed by atoms with van der Waals surface area (Å²) >= 11 is 0. The number of rotatable bonds is 5. The molecule has 0 aliphatic rings. The summed E-state index contributed by atoms with van der Waals surface area (Å²) in [5.41, 5.74) is -0.176. The van der Waals surface area contributed by atoms with Crippen molar-refractivity contribution in [2.75, 3.05) is 13.2 Å². The lowest BCUT2D eigenvalue weighted by Gasteiger charge is -2.05. The van der Waals surface area contributed by atoms with Crippen molar-refractivity contribution in [2.45, 2.75) is 12.8 Å². The normalized spacial score (nSPS) is 10.2. The zero-order valence-corrected chi connectivity index (χ0v) is 8.67. The minimum atomic E-state index is -0.875. The number of hydrogen-bond donors (Lipinski definition) is 2. The van der Waals surface area contributed by atoms with E-state index in [9.17, 15) is 13.6 Å². The second-order valence-corrected chi connectivity index (χ2v) is 3.31. The minimum absolute atomic E-state index is 0.0563. The van der Waals surface area contributed by atoms with E-state index in [2.05, 4.69) is 5.32 Å². The average molecular weight is 229 g/mol. The number of unbranched alkanes of at least 4 members (excludes halogenated alkanes) is 1. The largest absolute Gasteiger partial charge is 0.396 e. The predicted octanol–water partition coefficient (Wildman–Crippen LogP) is 1.47. The van der Waals surface area contributed by atoms with E-state index in [1.54, 1.807) is 0 Å². The standard InChI is InChI=1S/C11H13F2NO2/c12-8-3-4-9(10(13)7-8)11(16)14-5-1-2-6-15/h3-4,7,15H,1-2,5-6H2,(H,14,16). The van der Waals surface area contributed by atoms with Crippen LogP contribution in [0.5, 0.6) is 0 Å². The molecule has 0 saturated carbocycles. The fourth-order valence-electron chi connectivity index (χ4n) is 1.21. The molecule has 0 aliphatic heterocycles. The smallest absolute Gasteiger partial charge is 0.254 e.